The van der Waals surface area contributed by atoms with Crippen LogP contribution in [0.1, 0.15) is 22.8 Å². The third kappa shape index (κ3) is 2.04. The van der Waals surface area contributed by atoms with E-state index in [4.69, 9.17) is 5.11 Å². The topological polar surface area (TPSA) is 37.3 Å². The van der Waals surface area contributed by atoms with Crippen molar-refractivity contribution >= 4 is 28.4 Å². The molecule has 0 aliphatic rings. The van der Waals surface area contributed by atoms with Gasteiger partial charge in [-0.1, -0.05) is 12.1 Å². The summed E-state index contributed by atoms with van der Waals surface area (Å²) in [6.45, 7) is 1.56. The number of ketones is 1. The summed E-state index contributed by atoms with van der Waals surface area (Å²) in [5, 5.41) is 8.86. The zero-order valence-electron chi connectivity index (χ0n) is 6.67. The molecule has 1 aromatic carbocycles. The number of halogens is 1. The number of hydrogen-bond acceptors (Lipinski definition) is 2. The molecule has 1 rings (SSSR count). The molecule has 0 atom stereocenters. The van der Waals surface area contributed by atoms with Crippen LogP contribution < -0.4 is 0 Å². The lowest BCUT2D eigenvalue weighted by Gasteiger charge is -2.01. The molecule has 2 nitrogen and oxygen atoms in total. The molecule has 0 radical (unpaired) electrons. The summed E-state index contributed by atoms with van der Waals surface area (Å²) in [5.74, 6) is 0.0532. The van der Waals surface area contributed by atoms with Gasteiger partial charge in [-0.05, 0) is 41.1 Å². The quantitative estimate of drug-likeness (QED) is 0.662. The van der Waals surface area contributed by atoms with Gasteiger partial charge in [0, 0.05) is 9.13 Å². The molecule has 64 valence electrons. The SMILES string of the molecule is CC(=O)c1ccc(CO)c(I)c1. The van der Waals surface area contributed by atoms with Crippen LogP contribution in [0.25, 0.3) is 0 Å². The van der Waals surface area contributed by atoms with E-state index in [1.165, 1.54) is 6.92 Å². The van der Waals surface area contributed by atoms with E-state index in [-0.39, 0.29) is 12.4 Å². The zero-order valence-corrected chi connectivity index (χ0v) is 8.83. The Labute approximate surface area is 84.7 Å². The lowest BCUT2D eigenvalue weighted by Crippen LogP contribution is -1.95. The van der Waals surface area contributed by atoms with E-state index < -0.39 is 0 Å². The van der Waals surface area contributed by atoms with Crippen molar-refractivity contribution in [2.75, 3.05) is 0 Å². The number of aliphatic hydroxyl groups excluding tert-OH is 1. The summed E-state index contributed by atoms with van der Waals surface area (Å²) >= 11 is 2.11. The van der Waals surface area contributed by atoms with Crippen LogP contribution in [-0.4, -0.2) is 10.9 Å². The van der Waals surface area contributed by atoms with E-state index in [1.807, 2.05) is 0 Å². The molecule has 0 aliphatic carbocycles. The van der Waals surface area contributed by atoms with Gasteiger partial charge in [0.2, 0.25) is 0 Å². The second-order valence-corrected chi connectivity index (χ2v) is 3.68. The average molecular weight is 276 g/mol. The maximum Gasteiger partial charge on any atom is 0.159 e. The number of rotatable bonds is 2. The third-order valence-electron chi connectivity index (χ3n) is 1.63. The highest BCUT2D eigenvalue weighted by molar-refractivity contribution is 14.1. The Morgan fingerprint density at radius 3 is 2.67 bits per heavy atom. The first-order valence-electron chi connectivity index (χ1n) is 3.55. The molecule has 0 aliphatic heterocycles. The number of Topliss-reactive ketones (excluding diaryl/α,β-unsaturated/α-hetero) is 1. The van der Waals surface area contributed by atoms with Gasteiger partial charge in [-0.2, -0.15) is 0 Å². The summed E-state index contributed by atoms with van der Waals surface area (Å²) < 4.78 is 0.933. The van der Waals surface area contributed by atoms with Gasteiger partial charge in [0.25, 0.3) is 0 Å². The fourth-order valence-electron chi connectivity index (χ4n) is 0.895. The number of carbonyl (C=O) groups excluding carboxylic acids is 1. The van der Waals surface area contributed by atoms with Crippen LogP contribution in [0, 0.1) is 3.57 Å². The van der Waals surface area contributed by atoms with Crippen LogP contribution in [0.15, 0.2) is 18.2 Å². The Hall–Kier alpha value is -0.420. The fraction of sp³-hybridized carbons (Fsp3) is 0.222. The maximum atomic E-state index is 10.9. The monoisotopic (exact) mass is 276 g/mol. The number of benzene rings is 1. The van der Waals surface area contributed by atoms with Gasteiger partial charge in [-0.25, -0.2) is 0 Å². The van der Waals surface area contributed by atoms with Crippen LogP contribution in [-0.2, 0) is 6.61 Å². The second-order valence-electron chi connectivity index (χ2n) is 2.52. The predicted molar refractivity (Wildman–Crippen MR) is 55.1 cm³/mol. The minimum absolute atomic E-state index is 0.0243. The summed E-state index contributed by atoms with van der Waals surface area (Å²) in [7, 11) is 0. The van der Waals surface area contributed by atoms with Crippen LogP contribution in [0.3, 0.4) is 0 Å². The minimum atomic E-state index is 0.0243. The van der Waals surface area contributed by atoms with E-state index in [9.17, 15) is 4.79 Å². The smallest absolute Gasteiger partial charge is 0.159 e. The molecule has 0 unspecified atom stereocenters. The largest absolute Gasteiger partial charge is 0.392 e. The molecule has 0 bridgehead atoms. The summed E-state index contributed by atoms with van der Waals surface area (Å²) in [6, 6.07) is 5.29. The van der Waals surface area contributed by atoms with Crippen molar-refractivity contribution in [3.8, 4) is 0 Å². The normalized spacial score (nSPS) is 9.92. The number of carbonyl (C=O) groups is 1. The molecule has 0 fully saturated rings. The molecule has 0 amide bonds. The summed E-state index contributed by atoms with van der Waals surface area (Å²) in [4.78, 5) is 10.9. The first-order valence-corrected chi connectivity index (χ1v) is 4.63. The van der Waals surface area contributed by atoms with E-state index in [2.05, 4.69) is 22.6 Å². The molecule has 1 N–H and O–H groups in total. The average Bonchev–Trinajstić information content (AvgIpc) is 2.04. The minimum Gasteiger partial charge on any atom is -0.392 e. The van der Waals surface area contributed by atoms with Crippen LogP contribution in [0.2, 0.25) is 0 Å². The lowest BCUT2D eigenvalue weighted by atomic mass is 10.1. The molecule has 12 heavy (non-hydrogen) atoms. The van der Waals surface area contributed by atoms with E-state index in [0.29, 0.717) is 5.56 Å². The molecule has 1 aromatic rings. The Morgan fingerprint density at radius 2 is 2.25 bits per heavy atom. The molecule has 3 heteroatoms. The van der Waals surface area contributed by atoms with Gasteiger partial charge in [0.05, 0.1) is 6.61 Å². The molecule has 0 saturated carbocycles. The molecular formula is C9H9IO2. The Balaban J connectivity index is 3.10. The van der Waals surface area contributed by atoms with Gasteiger partial charge in [-0.3, -0.25) is 4.79 Å². The van der Waals surface area contributed by atoms with Gasteiger partial charge in [0.15, 0.2) is 5.78 Å². The second kappa shape index (κ2) is 4.00. The van der Waals surface area contributed by atoms with E-state index in [0.717, 1.165) is 9.13 Å². The Bertz CT molecular complexity index is 307. The highest BCUT2D eigenvalue weighted by Gasteiger charge is 2.02. The number of aliphatic hydroxyl groups is 1. The standard InChI is InChI=1S/C9H9IO2/c1-6(12)7-2-3-8(5-11)9(10)4-7/h2-4,11H,5H2,1H3. The molecular weight excluding hydrogens is 267 g/mol. The van der Waals surface area contributed by atoms with Crippen molar-refractivity contribution in [2.24, 2.45) is 0 Å². The van der Waals surface area contributed by atoms with Gasteiger partial charge >= 0.3 is 0 Å². The zero-order chi connectivity index (χ0) is 9.14. The molecule has 0 heterocycles. The summed E-state index contributed by atoms with van der Waals surface area (Å²) in [5.41, 5.74) is 1.55. The lowest BCUT2D eigenvalue weighted by molar-refractivity contribution is 0.101. The third-order valence-corrected chi connectivity index (χ3v) is 2.63. The van der Waals surface area contributed by atoms with Gasteiger partial charge in [-0.15, -0.1) is 0 Å². The van der Waals surface area contributed by atoms with Gasteiger partial charge in [0.1, 0.15) is 0 Å². The molecule has 0 aromatic heterocycles. The van der Waals surface area contributed by atoms with E-state index in [1.54, 1.807) is 18.2 Å². The van der Waals surface area contributed by atoms with Crippen LogP contribution in [0.5, 0.6) is 0 Å². The summed E-state index contributed by atoms with van der Waals surface area (Å²) in [6.07, 6.45) is 0. The highest BCUT2D eigenvalue weighted by atomic mass is 127. The Morgan fingerprint density at radius 1 is 1.58 bits per heavy atom. The highest BCUT2D eigenvalue weighted by Crippen LogP contribution is 2.14. The fourth-order valence-corrected chi connectivity index (χ4v) is 1.58. The van der Waals surface area contributed by atoms with Crippen molar-refractivity contribution in [2.45, 2.75) is 13.5 Å². The number of hydrogen-bond donors (Lipinski definition) is 1. The molecule has 0 saturated heterocycles. The predicted octanol–water partition coefficient (Wildman–Crippen LogP) is 1.99. The molecule has 0 spiro atoms. The first kappa shape index (κ1) is 9.67. The van der Waals surface area contributed by atoms with Crippen LogP contribution >= 0.6 is 22.6 Å². The first-order chi connectivity index (χ1) is 5.65. The van der Waals surface area contributed by atoms with Crippen molar-refractivity contribution in [3.63, 3.8) is 0 Å². The van der Waals surface area contributed by atoms with Crippen molar-refractivity contribution < 1.29 is 9.90 Å². The van der Waals surface area contributed by atoms with Crippen molar-refractivity contribution in [3.05, 3.63) is 32.9 Å². The van der Waals surface area contributed by atoms with Crippen molar-refractivity contribution in [1.82, 2.24) is 0 Å². The van der Waals surface area contributed by atoms with Gasteiger partial charge < -0.3 is 5.11 Å². The van der Waals surface area contributed by atoms with Crippen molar-refractivity contribution in [1.29, 1.82) is 0 Å². The van der Waals surface area contributed by atoms with E-state index >= 15 is 0 Å². The van der Waals surface area contributed by atoms with Crippen LogP contribution in [0.4, 0.5) is 0 Å². The Kier molecular flexibility index (Phi) is 3.22. The maximum absolute atomic E-state index is 10.9.